The molecule has 1 aromatic carbocycles. The lowest BCUT2D eigenvalue weighted by Crippen LogP contribution is -2.28. The van der Waals surface area contributed by atoms with Gasteiger partial charge in [-0.3, -0.25) is 9.97 Å². The summed E-state index contributed by atoms with van der Waals surface area (Å²) in [6.45, 7) is 1.59. The van der Waals surface area contributed by atoms with Gasteiger partial charge in [0, 0.05) is 18.1 Å². The molecule has 0 aliphatic rings. The van der Waals surface area contributed by atoms with Gasteiger partial charge in [-0.15, -0.1) is 0 Å². The van der Waals surface area contributed by atoms with E-state index in [1.807, 2.05) is 0 Å². The van der Waals surface area contributed by atoms with Crippen LogP contribution in [0.25, 0.3) is 0 Å². The summed E-state index contributed by atoms with van der Waals surface area (Å²) in [7, 11) is 0. The van der Waals surface area contributed by atoms with E-state index in [2.05, 4.69) is 9.97 Å². The number of benzene rings is 1. The molecule has 0 saturated carbocycles. The Kier molecular flexibility index (Phi) is 6.45. The van der Waals surface area contributed by atoms with Crippen LogP contribution in [0.5, 0.6) is 0 Å². The second kappa shape index (κ2) is 8.74. The van der Waals surface area contributed by atoms with Crippen molar-refractivity contribution in [3.05, 3.63) is 88.5 Å². The summed E-state index contributed by atoms with van der Waals surface area (Å²) in [6, 6.07) is 10.5. The Labute approximate surface area is 179 Å². The Morgan fingerprint density at radius 1 is 0.871 bits per heavy atom. The molecule has 0 N–H and O–H groups in total. The first kappa shape index (κ1) is 22.9. The van der Waals surface area contributed by atoms with Gasteiger partial charge in [0.05, 0.1) is 40.1 Å². The van der Waals surface area contributed by atoms with Crippen LogP contribution in [0.3, 0.4) is 0 Å². The van der Waals surface area contributed by atoms with Gasteiger partial charge in [0.2, 0.25) is 0 Å². The van der Waals surface area contributed by atoms with Gasteiger partial charge in [-0.25, -0.2) is 0 Å². The van der Waals surface area contributed by atoms with Crippen LogP contribution in [0.1, 0.15) is 35.5 Å². The summed E-state index contributed by atoms with van der Waals surface area (Å²) >= 11 is 5.53. The third-order valence-electron chi connectivity index (χ3n) is 4.64. The van der Waals surface area contributed by atoms with Gasteiger partial charge in [-0.05, 0) is 43.3 Å². The summed E-state index contributed by atoms with van der Waals surface area (Å²) in [5.74, 6) is 0. The zero-order valence-electron chi connectivity index (χ0n) is 16.0. The number of pyridine rings is 2. The molecule has 1 atom stereocenters. The molecular weight excluding hydrogens is 444 g/mol. The Morgan fingerprint density at radius 2 is 1.42 bits per heavy atom. The van der Waals surface area contributed by atoms with Crippen molar-refractivity contribution >= 4 is 17.3 Å². The lowest BCUT2D eigenvalue weighted by molar-refractivity contribution is -0.142. The van der Waals surface area contributed by atoms with Crippen molar-refractivity contribution in [3.8, 4) is 0 Å². The molecule has 0 saturated heterocycles. The van der Waals surface area contributed by atoms with Gasteiger partial charge < -0.3 is 4.90 Å². The average Bonchev–Trinajstić information content (AvgIpc) is 2.71. The predicted octanol–water partition coefficient (Wildman–Crippen LogP) is 6.94. The van der Waals surface area contributed by atoms with Crippen molar-refractivity contribution in [2.24, 2.45) is 0 Å². The topological polar surface area (TPSA) is 29.0 Å². The fourth-order valence-corrected chi connectivity index (χ4v) is 3.41. The highest BCUT2D eigenvalue weighted by molar-refractivity contribution is 6.32. The van der Waals surface area contributed by atoms with Crippen LogP contribution in [-0.4, -0.2) is 9.97 Å². The number of aromatic nitrogens is 2. The summed E-state index contributed by atoms with van der Waals surface area (Å²) in [4.78, 5) is 9.72. The maximum Gasteiger partial charge on any atom is 0.417 e. The quantitative estimate of drug-likeness (QED) is 0.387. The van der Waals surface area contributed by atoms with Crippen LogP contribution in [0.4, 0.5) is 32.0 Å². The highest BCUT2D eigenvalue weighted by Gasteiger charge is 2.41. The summed E-state index contributed by atoms with van der Waals surface area (Å²) < 4.78 is 81.1. The third kappa shape index (κ3) is 5.28. The van der Waals surface area contributed by atoms with E-state index in [-0.39, 0.29) is 12.2 Å². The minimum atomic E-state index is -5.07. The number of rotatable bonds is 5. The summed E-state index contributed by atoms with van der Waals surface area (Å²) in [6.07, 6.45) is -7.16. The molecule has 0 bridgehead atoms. The second-order valence-electron chi connectivity index (χ2n) is 6.73. The molecule has 3 aromatic rings. The van der Waals surface area contributed by atoms with Crippen molar-refractivity contribution in [2.45, 2.75) is 31.9 Å². The van der Waals surface area contributed by atoms with E-state index in [9.17, 15) is 26.3 Å². The zero-order valence-corrected chi connectivity index (χ0v) is 16.8. The fourth-order valence-electron chi connectivity index (χ4n) is 3.09. The number of alkyl halides is 6. The highest BCUT2D eigenvalue weighted by atomic mass is 35.5. The minimum absolute atomic E-state index is 0.0468. The Hall–Kier alpha value is -2.81. The molecule has 0 radical (unpaired) electrons. The largest absolute Gasteiger partial charge is 0.417 e. The summed E-state index contributed by atoms with van der Waals surface area (Å²) in [5, 5.41) is -1.38. The SMILES string of the molecule is CC(c1ccccn1)N(Cc1ccccn1)c1cc(C(F)(F)F)c(Cl)c(C(F)(F)F)c1. The van der Waals surface area contributed by atoms with Gasteiger partial charge >= 0.3 is 12.4 Å². The van der Waals surface area contributed by atoms with E-state index >= 15 is 0 Å². The van der Waals surface area contributed by atoms with E-state index in [0.29, 0.717) is 23.5 Å². The van der Waals surface area contributed by atoms with Crippen LogP contribution >= 0.6 is 11.6 Å². The molecule has 2 aromatic heterocycles. The molecule has 1 unspecified atom stereocenters. The lowest BCUT2D eigenvalue weighted by Gasteiger charge is -2.32. The maximum absolute atomic E-state index is 13.5. The van der Waals surface area contributed by atoms with E-state index in [1.54, 1.807) is 43.3 Å². The van der Waals surface area contributed by atoms with Crippen molar-refractivity contribution < 1.29 is 26.3 Å². The molecule has 3 nitrogen and oxygen atoms in total. The molecule has 0 spiro atoms. The first-order valence-electron chi connectivity index (χ1n) is 9.04. The molecule has 0 fully saturated rings. The normalized spacial score (nSPS) is 13.2. The van der Waals surface area contributed by atoms with Crippen LogP contribution in [0.2, 0.25) is 5.02 Å². The van der Waals surface area contributed by atoms with E-state index in [1.165, 1.54) is 17.3 Å². The molecule has 0 amide bonds. The van der Waals surface area contributed by atoms with E-state index < -0.39 is 34.5 Å². The zero-order chi connectivity index (χ0) is 22.8. The smallest absolute Gasteiger partial charge is 0.357 e. The lowest BCUT2D eigenvalue weighted by atomic mass is 10.0. The number of anilines is 1. The molecule has 3 rings (SSSR count). The standard InChI is InChI=1S/C21H16ClF6N3/c1-13(18-7-3-5-9-30-18)31(12-14-6-2-4-8-29-14)15-10-16(20(23,24)25)19(22)17(11-15)21(26,27)28/h2-11,13H,12H2,1H3. The molecule has 0 aliphatic heterocycles. The van der Waals surface area contributed by atoms with Crippen molar-refractivity contribution in [1.82, 2.24) is 9.97 Å². The number of halogens is 7. The molecule has 31 heavy (non-hydrogen) atoms. The molecule has 2 heterocycles. The molecule has 10 heteroatoms. The van der Waals surface area contributed by atoms with Gasteiger partial charge in [0.25, 0.3) is 0 Å². The average molecular weight is 460 g/mol. The fraction of sp³-hybridized carbons (Fsp3) is 0.238. The van der Waals surface area contributed by atoms with Gasteiger partial charge in [0.1, 0.15) is 0 Å². The van der Waals surface area contributed by atoms with Crippen LogP contribution in [0, 0.1) is 0 Å². The maximum atomic E-state index is 13.5. The van der Waals surface area contributed by atoms with Gasteiger partial charge in [-0.2, -0.15) is 26.3 Å². The third-order valence-corrected chi connectivity index (χ3v) is 5.05. The Morgan fingerprint density at radius 3 is 1.87 bits per heavy atom. The first-order valence-corrected chi connectivity index (χ1v) is 9.41. The Bertz CT molecular complexity index is 988. The number of hydrogen-bond acceptors (Lipinski definition) is 3. The molecule has 0 aliphatic carbocycles. The monoisotopic (exact) mass is 459 g/mol. The predicted molar refractivity (Wildman–Crippen MR) is 105 cm³/mol. The van der Waals surface area contributed by atoms with Crippen molar-refractivity contribution in [3.63, 3.8) is 0 Å². The van der Waals surface area contributed by atoms with Crippen LogP contribution < -0.4 is 4.90 Å². The molecular formula is C21H16ClF6N3. The highest BCUT2D eigenvalue weighted by Crippen LogP contribution is 2.45. The molecule has 164 valence electrons. The van der Waals surface area contributed by atoms with Gasteiger partial charge in [0.15, 0.2) is 0 Å². The van der Waals surface area contributed by atoms with Crippen LogP contribution in [-0.2, 0) is 18.9 Å². The summed E-state index contributed by atoms with van der Waals surface area (Å²) in [5.41, 5.74) is -2.48. The van der Waals surface area contributed by atoms with Crippen molar-refractivity contribution in [1.29, 1.82) is 0 Å². The first-order chi connectivity index (χ1) is 14.5. The number of hydrogen-bond donors (Lipinski definition) is 0. The number of nitrogens with zero attached hydrogens (tertiary/aromatic N) is 3. The Balaban J connectivity index is 2.20. The minimum Gasteiger partial charge on any atom is -0.357 e. The second-order valence-corrected chi connectivity index (χ2v) is 7.11. The van der Waals surface area contributed by atoms with Crippen molar-refractivity contribution in [2.75, 3.05) is 4.90 Å². The van der Waals surface area contributed by atoms with Gasteiger partial charge in [-0.1, -0.05) is 23.7 Å². The van der Waals surface area contributed by atoms with E-state index in [4.69, 9.17) is 11.6 Å². The van der Waals surface area contributed by atoms with Crippen LogP contribution in [0.15, 0.2) is 60.9 Å². The van der Waals surface area contributed by atoms with E-state index in [0.717, 1.165) is 0 Å².